The molecule has 0 bridgehead atoms. The van der Waals surface area contributed by atoms with Gasteiger partial charge in [-0.2, -0.15) is 0 Å². The third-order valence-electron chi connectivity index (χ3n) is 6.29. The molecule has 31 heavy (non-hydrogen) atoms. The molecular weight excluding hydrogens is 388 g/mol. The van der Waals surface area contributed by atoms with Crippen LogP contribution in [0.2, 0.25) is 0 Å². The molecule has 6 nitrogen and oxygen atoms in total. The van der Waals surface area contributed by atoms with Crippen LogP contribution in [0.4, 0.5) is 5.69 Å². The Morgan fingerprint density at radius 2 is 2.00 bits per heavy atom. The summed E-state index contributed by atoms with van der Waals surface area (Å²) in [4.78, 5) is 29.2. The molecule has 1 aliphatic carbocycles. The number of carbonyl (C=O) groups excluding carboxylic acids is 2. The summed E-state index contributed by atoms with van der Waals surface area (Å²) in [5.41, 5.74) is 6.70. The van der Waals surface area contributed by atoms with E-state index in [2.05, 4.69) is 39.6 Å². The highest BCUT2D eigenvalue weighted by Gasteiger charge is 2.26. The first-order valence-electron chi connectivity index (χ1n) is 10.9. The highest BCUT2D eigenvalue weighted by atomic mass is 16.2. The van der Waals surface area contributed by atoms with Crippen molar-refractivity contribution in [1.82, 2.24) is 14.9 Å². The lowest BCUT2D eigenvalue weighted by molar-refractivity contribution is -0.114. The number of fused-ring (bicyclic) bond motifs is 2. The number of nitrogens with zero attached hydrogens (tertiary/aromatic N) is 2. The Labute approximate surface area is 181 Å². The lowest BCUT2D eigenvalue weighted by Gasteiger charge is -2.16. The molecule has 2 aliphatic rings. The SMILES string of the molecule is CC(=O)Nc1cc(C(=O)NC2CCc3ccc(-c4cn5c(n4)CCC5)cc32)ccc1C. The molecule has 2 amide bonds. The Hall–Kier alpha value is -3.41. The molecule has 0 radical (unpaired) electrons. The summed E-state index contributed by atoms with van der Waals surface area (Å²) in [7, 11) is 0. The molecule has 2 heterocycles. The van der Waals surface area contributed by atoms with Crippen molar-refractivity contribution in [1.29, 1.82) is 0 Å². The van der Waals surface area contributed by atoms with Crippen LogP contribution in [0.15, 0.2) is 42.6 Å². The van der Waals surface area contributed by atoms with Crippen LogP contribution < -0.4 is 10.6 Å². The summed E-state index contributed by atoms with van der Waals surface area (Å²) in [6.07, 6.45) is 6.19. The molecule has 6 heteroatoms. The molecule has 0 spiro atoms. The van der Waals surface area contributed by atoms with E-state index < -0.39 is 0 Å². The first-order chi connectivity index (χ1) is 15.0. The quantitative estimate of drug-likeness (QED) is 0.672. The number of aryl methyl sites for hydroxylation is 4. The number of aromatic nitrogens is 2. The Morgan fingerprint density at radius 3 is 2.81 bits per heavy atom. The van der Waals surface area contributed by atoms with Crippen molar-refractivity contribution in [3.63, 3.8) is 0 Å². The van der Waals surface area contributed by atoms with Crippen molar-refractivity contribution in [3.05, 3.63) is 70.7 Å². The molecule has 2 N–H and O–H groups in total. The van der Waals surface area contributed by atoms with Crippen LogP contribution >= 0.6 is 0 Å². The second kappa shape index (κ2) is 7.69. The van der Waals surface area contributed by atoms with Gasteiger partial charge in [-0.25, -0.2) is 4.98 Å². The van der Waals surface area contributed by atoms with Crippen LogP contribution in [-0.2, 0) is 24.2 Å². The number of anilines is 1. The van der Waals surface area contributed by atoms with Gasteiger partial charge in [0.05, 0.1) is 11.7 Å². The third kappa shape index (κ3) is 3.74. The van der Waals surface area contributed by atoms with Gasteiger partial charge in [-0.05, 0) is 61.1 Å². The van der Waals surface area contributed by atoms with E-state index in [1.165, 1.54) is 24.5 Å². The number of benzene rings is 2. The minimum Gasteiger partial charge on any atom is -0.345 e. The lowest BCUT2D eigenvalue weighted by Crippen LogP contribution is -2.27. The van der Waals surface area contributed by atoms with Crippen LogP contribution in [-0.4, -0.2) is 21.4 Å². The van der Waals surface area contributed by atoms with E-state index in [-0.39, 0.29) is 17.9 Å². The van der Waals surface area contributed by atoms with Crippen molar-refractivity contribution in [2.45, 2.75) is 52.1 Å². The van der Waals surface area contributed by atoms with Gasteiger partial charge in [-0.3, -0.25) is 9.59 Å². The number of amides is 2. The van der Waals surface area contributed by atoms with Crippen molar-refractivity contribution < 1.29 is 9.59 Å². The molecule has 1 atom stereocenters. The van der Waals surface area contributed by atoms with Crippen LogP contribution in [0.25, 0.3) is 11.3 Å². The summed E-state index contributed by atoms with van der Waals surface area (Å²) in [5.74, 6) is 0.883. The molecule has 1 aromatic heterocycles. The maximum atomic E-state index is 13.0. The lowest BCUT2D eigenvalue weighted by atomic mass is 10.0. The monoisotopic (exact) mass is 414 g/mol. The molecule has 0 saturated heterocycles. The fourth-order valence-corrected chi connectivity index (χ4v) is 4.63. The van der Waals surface area contributed by atoms with Crippen molar-refractivity contribution in [2.24, 2.45) is 0 Å². The van der Waals surface area contributed by atoms with E-state index in [9.17, 15) is 9.59 Å². The molecular formula is C25H26N4O2. The maximum absolute atomic E-state index is 13.0. The number of hydrogen-bond acceptors (Lipinski definition) is 3. The summed E-state index contributed by atoms with van der Waals surface area (Å²) in [6, 6.07) is 11.9. The van der Waals surface area contributed by atoms with Crippen molar-refractivity contribution in [3.8, 4) is 11.3 Å². The van der Waals surface area contributed by atoms with Crippen LogP contribution in [0.5, 0.6) is 0 Å². The molecule has 0 fully saturated rings. The Morgan fingerprint density at radius 1 is 1.13 bits per heavy atom. The predicted molar refractivity (Wildman–Crippen MR) is 120 cm³/mol. The molecule has 3 aromatic rings. The van der Waals surface area contributed by atoms with Gasteiger partial charge in [0.2, 0.25) is 5.91 Å². The number of imidazole rings is 1. The molecule has 1 unspecified atom stereocenters. The Balaban J connectivity index is 1.37. The smallest absolute Gasteiger partial charge is 0.251 e. The fourth-order valence-electron chi connectivity index (χ4n) is 4.63. The maximum Gasteiger partial charge on any atom is 0.251 e. The van der Waals surface area contributed by atoms with Gasteiger partial charge in [-0.1, -0.05) is 18.2 Å². The van der Waals surface area contributed by atoms with E-state index >= 15 is 0 Å². The van der Waals surface area contributed by atoms with Gasteiger partial charge in [0.15, 0.2) is 0 Å². The zero-order valence-corrected chi connectivity index (χ0v) is 17.9. The Kier molecular flexibility index (Phi) is 4.85. The molecule has 5 rings (SSSR count). The first kappa shape index (κ1) is 19.5. The van der Waals surface area contributed by atoms with E-state index in [0.717, 1.165) is 48.5 Å². The van der Waals surface area contributed by atoms with Gasteiger partial charge < -0.3 is 15.2 Å². The number of hydrogen-bond donors (Lipinski definition) is 2. The highest BCUT2D eigenvalue weighted by Crippen LogP contribution is 2.35. The Bertz CT molecular complexity index is 1170. The van der Waals surface area contributed by atoms with E-state index in [4.69, 9.17) is 4.98 Å². The topological polar surface area (TPSA) is 76.0 Å². The molecule has 0 saturated carbocycles. The average Bonchev–Trinajstić information content (AvgIpc) is 3.44. The van der Waals surface area contributed by atoms with Gasteiger partial charge in [0.25, 0.3) is 5.91 Å². The highest BCUT2D eigenvalue weighted by molar-refractivity contribution is 5.97. The van der Waals surface area contributed by atoms with Crippen LogP contribution in [0, 0.1) is 6.92 Å². The minimum atomic E-state index is -0.150. The normalized spacial score (nSPS) is 16.6. The standard InChI is InChI=1S/C25H26N4O2/c1-15-5-6-19(13-22(15)26-16(2)30)25(31)28-21-10-9-17-7-8-18(12-20(17)21)23-14-29-11-3-4-24(29)27-23/h5-8,12-14,21H,3-4,9-11H2,1-2H3,(H,26,30)(H,28,31). The number of rotatable bonds is 4. The van der Waals surface area contributed by atoms with Gasteiger partial charge in [0.1, 0.15) is 5.82 Å². The third-order valence-corrected chi connectivity index (χ3v) is 6.29. The van der Waals surface area contributed by atoms with Crippen LogP contribution in [0.3, 0.4) is 0 Å². The van der Waals surface area contributed by atoms with Crippen LogP contribution in [0.1, 0.15) is 58.7 Å². The second-order valence-corrected chi connectivity index (χ2v) is 8.53. The first-order valence-corrected chi connectivity index (χ1v) is 10.9. The summed E-state index contributed by atoms with van der Waals surface area (Å²) in [5, 5.41) is 5.98. The van der Waals surface area contributed by atoms with Gasteiger partial charge in [0, 0.05) is 42.9 Å². The molecule has 2 aromatic carbocycles. The van der Waals surface area contributed by atoms with E-state index in [1.807, 2.05) is 13.0 Å². The number of carbonyl (C=O) groups is 2. The zero-order valence-electron chi connectivity index (χ0n) is 17.9. The van der Waals surface area contributed by atoms with E-state index in [0.29, 0.717) is 11.3 Å². The minimum absolute atomic E-state index is 0.0255. The van der Waals surface area contributed by atoms with Gasteiger partial charge in [-0.15, -0.1) is 0 Å². The second-order valence-electron chi connectivity index (χ2n) is 8.53. The summed E-state index contributed by atoms with van der Waals surface area (Å²) < 4.78 is 2.24. The zero-order chi connectivity index (χ0) is 21.5. The largest absolute Gasteiger partial charge is 0.345 e. The summed E-state index contributed by atoms with van der Waals surface area (Å²) >= 11 is 0. The van der Waals surface area contributed by atoms with Crippen molar-refractivity contribution >= 4 is 17.5 Å². The average molecular weight is 415 g/mol. The van der Waals surface area contributed by atoms with E-state index in [1.54, 1.807) is 12.1 Å². The predicted octanol–water partition coefficient (Wildman–Crippen LogP) is 4.18. The van der Waals surface area contributed by atoms with Crippen molar-refractivity contribution in [2.75, 3.05) is 5.32 Å². The molecule has 1 aliphatic heterocycles. The molecule has 158 valence electrons. The summed E-state index contributed by atoms with van der Waals surface area (Å²) in [6.45, 7) is 4.42. The fraction of sp³-hybridized carbons (Fsp3) is 0.320. The number of nitrogens with one attached hydrogen (secondary N) is 2. The van der Waals surface area contributed by atoms with Gasteiger partial charge >= 0.3 is 0 Å².